The lowest BCUT2D eigenvalue weighted by molar-refractivity contribution is -0.133. The van der Waals surface area contributed by atoms with E-state index in [0.717, 1.165) is 11.1 Å². The Kier molecular flexibility index (Phi) is 4.29. The molecule has 0 aliphatic carbocycles. The van der Waals surface area contributed by atoms with Gasteiger partial charge in [0.1, 0.15) is 11.8 Å². The fourth-order valence-corrected chi connectivity index (χ4v) is 2.06. The van der Waals surface area contributed by atoms with Gasteiger partial charge in [0.15, 0.2) is 0 Å². The lowest BCUT2D eigenvalue weighted by Gasteiger charge is -2.38. The fourth-order valence-electron chi connectivity index (χ4n) is 2.06. The summed E-state index contributed by atoms with van der Waals surface area (Å²) in [5.74, 6) is -2.53. The van der Waals surface area contributed by atoms with E-state index >= 15 is 0 Å². The van der Waals surface area contributed by atoms with E-state index in [1.54, 1.807) is 4.90 Å². The number of alkyl halides is 2. The molecule has 1 aliphatic heterocycles. The quantitative estimate of drug-likeness (QED) is 0.616. The fraction of sp³-hybridized carbons (Fsp3) is 0.250. The normalized spacial score (nSPS) is 17.2. The molecule has 1 aromatic carbocycles. The smallest absolute Gasteiger partial charge is 0.272 e. The SMILES string of the molecule is C=C(C#N)/N=C/C(=C)c1ccc(CN2CC(F)(F)C2)cc1. The number of hydrogen-bond donors (Lipinski definition) is 0. The molecule has 108 valence electrons. The Bertz CT molecular complexity index is 616. The van der Waals surface area contributed by atoms with E-state index in [9.17, 15) is 8.78 Å². The summed E-state index contributed by atoms with van der Waals surface area (Å²) in [6.07, 6.45) is 1.48. The predicted molar refractivity (Wildman–Crippen MR) is 78.9 cm³/mol. The molecule has 1 aliphatic rings. The van der Waals surface area contributed by atoms with E-state index in [1.165, 1.54) is 6.21 Å². The van der Waals surface area contributed by atoms with Crippen LogP contribution < -0.4 is 0 Å². The summed E-state index contributed by atoms with van der Waals surface area (Å²) in [7, 11) is 0. The van der Waals surface area contributed by atoms with Crippen molar-refractivity contribution in [1.29, 1.82) is 5.26 Å². The van der Waals surface area contributed by atoms with Crippen LogP contribution in [0.4, 0.5) is 8.78 Å². The zero-order valence-corrected chi connectivity index (χ0v) is 11.5. The van der Waals surface area contributed by atoms with Crippen molar-refractivity contribution < 1.29 is 8.78 Å². The molecular formula is C16H15F2N3. The molecule has 1 aromatic rings. The van der Waals surface area contributed by atoms with Crippen molar-refractivity contribution in [1.82, 2.24) is 4.90 Å². The molecule has 0 saturated carbocycles. The number of likely N-dealkylation sites (tertiary alicyclic amines) is 1. The summed E-state index contributed by atoms with van der Waals surface area (Å²) in [6, 6.07) is 9.30. The van der Waals surface area contributed by atoms with E-state index in [1.807, 2.05) is 30.3 Å². The molecule has 1 heterocycles. The lowest BCUT2D eigenvalue weighted by Crippen LogP contribution is -2.55. The molecule has 0 atom stereocenters. The van der Waals surface area contributed by atoms with Crippen molar-refractivity contribution in [3.8, 4) is 6.07 Å². The highest BCUT2D eigenvalue weighted by atomic mass is 19.3. The summed E-state index contributed by atoms with van der Waals surface area (Å²) >= 11 is 0. The third kappa shape index (κ3) is 4.07. The van der Waals surface area contributed by atoms with E-state index in [0.29, 0.717) is 12.1 Å². The summed E-state index contributed by atoms with van der Waals surface area (Å²) in [6.45, 7) is 7.47. The first-order valence-electron chi connectivity index (χ1n) is 6.41. The Morgan fingerprint density at radius 2 is 1.95 bits per heavy atom. The minimum absolute atomic E-state index is 0.117. The van der Waals surface area contributed by atoms with Crippen LogP contribution in [0.15, 0.2) is 48.1 Å². The summed E-state index contributed by atoms with van der Waals surface area (Å²) in [4.78, 5) is 5.55. The van der Waals surface area contributed by atoms with Crippen LogP contribution >= 0.6 is 0 Å². The molecule has 5 heteroatoms. The van der Waals surface area contributed by atoms with Gasteiger partial charge in [-0.1, -0.05) is 37.4 Å². The van der Waals surface area contributed by atoms with Crippen molar-refractivity contribution in [3.05, 3.63) is 54.2 Å². The van der Waals surface area contributed by atoms with Crippen molar-refractivity contribution >= 4 is 11.8 Å². The van der Waals surface area contributed by atoms with E-state index in [2.05, 4.69) is 18.2 Å². The van der Waals surface area contributed by atoms with E-state index in [4.69, 9.17) is 5.26 Å². The van der Waals surface area contributed by atoms with Gasteiger partial charge in [0.05, 0.1) is 13.1 Å². The van der Waals surface area contributed by atoms with Crippen LogP contribution in [0.1, 0.15) is 11.1 Å². The maximum absolute atomic E-state index is 12.7. The average molecular weight is 287 g/mol. The van der Waals surface area contributed by atoms with E-state index in [-0.39, 0.29) is 18.8 Å². The van der Waals surface area contributed by atoms with Gasteiger partial charge in [-0.05, 0) is 16.7 Å². The van der Waals surface area contributed by atoms with Crippen LogP contribution in [0.5, 0.6) is 0 Å². The third-order valence-electron chi connectivity index (χ3n) is 3.15. The van der Waals surface area contributed by atoms with Crippen molar-refractivity contribution in [2.24, 2.45) is 4.99 Å². The third-order valence-corrected chi connectivity index (χ3v) is 3.15. The average Bonchev–Trinajstić information content (AvgIpc) is 2.43. The van der Waals surface area contributed by atoms with Gasteiger partial charge in [0, 0.05) is 12.8 Å². The first-order valence-corrected chi connectivity index (χ1v) is 6.41. The Labute approximate surface area is 122 Å². The van der Waals surface area contributed by atoms with E-state index < -0.39 is 5.92 Å². The molecular weight excluding hydrogens is 272 g/mol. The molecule has 0 bridgehead atoms. The van der Waals surface area contributed by atoms with Crippen LogP contribution in [0.3, 0.4) is 0 Å². The Morgan fingerprint density at radius 3 is 2.48 bits per heavy atom. The molecule has 21 heavy (non-hydrogen) atoms. The number of allylic oxidation sites excluding steroid dienone is 2. The van der Waals surface area contributed by atoms with Gasteiger partial charge in [-0.2, -0.15) is 5.26 Å². The number of nitriles is 1. The van der Waals surface area contributed by atoms with Crippen molar-refractivity contribution in [2.75, 3.05) is 13.1 Å². The standard InChI is InChI=1S/C16H15F2N3/c1-12(8-20-13(2)7-19)15-5-3-14(4-6-15)9-21-10-16(17,18)11-21/h3-6,8H,1-2,9-11H2/b20-8+. The Morgan fingerprint density at radius 1 is 1.33 bits per heavy atom. The minimum atomic E-state index is -2.53. The van der Waals surface area contributed by atoms with Gasteiger partial charge in [0.25, 0.3) is 5.92 Å². The minimum Gasteiger partial charge on any atom is -0.287 e. The summed E-state index contributed by atoms with van der Waals surface area (Å²) in [5, 5.41) is 8.55. The van der Waals surface area contributed by atoms with Crippen LogP contribution in [-0.2, 0) is 6.54 Å². The first kappa shape index (κ1) is 15.1. The molecule has 1 fully saturated rings. The second-order valence-corrected chi connectivity index (χ2v) is 5.04. The number of aliphatic imine (C=N–C) groups is 1. The molecule has 0 unspecified atom stereocenters. The summed E-state index contributed by atoms with van der Waals surface area (Å²) in [5.41, 5.74) is 2.61. The molecule has 0 spiro atoms. The number of nitrogens with zero attached hydrogens (tertiary/aromatic N) is 3. The topological polar surface area (TPSA) is 39.4 Å². The zero-order valence-electron chi connectivity index (χ0n) is 11.5. The second-order valence-electron chi connectivity index (χ2n) is 5.04. The molecule has 3 nitrogen and oxygen atoms in total. The monoisotopic (exact) mass is 287 g/mol. The highest BCUT2D eigenvalue weighted by Gasteiger charge is 2.43. The second kappa shape index (κ2) is 5.98. The maximum atomic E-state index is 12.7. The lowest BCUT2D eigenvalue weighted by atomic mass is 10.0. The number of hydrogen-bond acceptors (Lipinski definition) is 3. The van der Waals surface area contributed by atoms with Gasteiger partial charge < -0.3 is 0 Å². The zero-order chi connectivity index (χ0) is 15.5. The van der Waals surface area contributed by atoms with Crippen LogP contribution in [0.25, 0.3) is 5.57 Å². The highest BCUT2D eigenvalue weighted by Crippen LogP contribution is 2.28. The Hall–Kier alpha value is -2.32. The molecule has 0 aromatic heterocycles. The van der Waals surface area contributed by atoms with Gasteiger partial charge in [0.2, 0.25) is 0 Å². The van der Waals surface area contributed by atoms with Crippen LogP contribution in [0.2, 0.25) is 0 Å². The van der Waals surface area contributed by atoms with Gasteiger partial charge in [-0.25, -0.2) is 13.8 Å². The molecule has 0 radical (unpaired) electrons. The summed E-state index contributed by atoms with van der Waals surface area (Å²) < 4.78 is 25.5. The predicted octanol–water partition coefficient (Wildman–Crippen LogP) is 3.26. The van der Waals surface area contributed by atoms with Crippen LogP contribution in [0, 0.1) is 11.3 Å². The van der Waals surface area contributed by atoms with Gasteiger partial charge in [-0.15, -0.1) is 0 Å². The molecule has 0 amide bonds. The van der Waals surface area contributed by atoms with Crippen LogP contribution in [-0.4, -0.2) is 30.1 Å². The molecule has 0 N–H and O–H groups in total. The first-order chi connectivity index (χ1) is 9.89. The highest BCUT2D eigenvalue weighted by molar-refractivity contribution is 6.09. The van der Waals surface area contributed by atoms with Gasteiger partial charge in [-0.3, -0.25) is 4.90 Å². The van der Waals surface area contributed by atoms with Crippen molar-refractivity contribution in [3.63, 3.8) is 0 Å². The Balaban J connectivity index is 1.93. The number of benzene rings is 1. The molecule has 1 saturated heterocycles. The largest absolute Gasteiger partial charge is 0.287 e. The number of halogens is 2. The maximum Gasteiger partial charge on any atom is 0.272 e. The van der Waals surface area contributed by atoms with Gasteiger partial charge >= 0.3 is 0 Å². The van der Waals surface area contributed by atoms with Crippen molar-refractivity contribution in [2.45, 2.75) is 12.5 Å². The number of rotatable bonds is 5. The molecule has 2 rings (SSSR count).